The van der Waals surface area contributed by atoms with Crippen molar-refractivity contribution in [2.24, 2.45) is 11.7 Å². The van der Waals surface area contributed by atoms with E-state index in [0.717, 1.165) is 25.8 Å². The van der Waals surface area contributed by atoms with Crippen LogP contribution < -0.4 is 5.73 Å². The van der Waals surface area contributed by atoms with E-state index in [1.165, 1.54) is 17.5 Å². The summed E-state index contributed by atoms with van der Waals surface area (Å²) < 4.78 is 0. The summed E-state index contributed by atoms with van der Waals surface area (Å²) >= 11 is 0. The highest BCUT2D eigenvalue weighted by Gasteiger charge is 2.40. The summed E-state index contributed by atoms with van der Waals surface area (Å²) in [5.41, 5.74) is 6.44. The third kappa shape index (κ3) is 4.59. The Labute approximate surface area is 160 Å². The molecule has 2 aliphatic rings. The molecule has 2 N–H and O–H groups in total. The molecule has 1 aromatic rings. The molecule has 0 radical (unpaired) electrons. The van der Waals surface area contributed by atoms with Gasteiger partial charge in [-0.1, -0.05) is 30.3 Å². The number of urea groups is 1. The average Bonchev–Trinajstić information content (AvgIpc) is 2.67. The van der Waals surface area contributed by atoms with Gasteiger partial charge in [-0.2, -0.15) is 0 Å². The van der Waals surface area contributed by atoms with E-state index in [4.69, 9.17) is 5.73 Å². The number of rotatable bonds is 5. The summed E-state index contributed by atoms with van der Waals surface area (Å²) in [6, 6.07) is 9.80. The summed E-state index contributed by atoms with van der Waals surface area (Å²) in [5, 5.41) is 0. The van der Waals surface area contributed by atoms with Crippen molar-refractivity contribution in [1.29, 1.82) is 0 Å². The summed E-state index contributed by atoms with van der Waals surface area (Å²) in [7, 11) is 1.53. The molecule has 3 rings (SSSR count). The molecule has 4 amide bonds. The van der Waals surface area contributed by atoms with E-state index in [-0.39, 0.29) is 24.4 Å². The van der Waals surface area contributed by atoms with Crippen molar-refractivity contribution in [3.05, 3.63) is 35.9 Å². The smallest absolute Gasteiger partial charge is 0.314 e. The number of carbonyl (C=O) groups excluding carboxylic acids is 3. The predicted molar refractivity (Wildman–Crippen MR) is 102 cm³/mol. The van der Waals surface area contributed by atoms with Crippen molar-refractivity contribution >= 4 is 17.8 Å². The van der Waals surface area contributed by atoms with E-state index in [1.807, 2.05) is 28.0 Å². The molecule has 2 fully saturated rings. The van der Waals surface area contributed by atoms with Gasteiger partial charge in [-0.3, -0.25) is 9.59 Å². The van der Waals surface area contributed by atoms with E-state index < -0.39 is 6.03 Å². The van der Waals surface area contributed by atoms with E-state index in [9.17, 15) is 14.4 Å². The zero-order valence-electron chi connectivity index (χ0n) is 15.8. The quantitative estimate of drug-likeness (QED) is 0.839. The largest absolute Gasteiger partial charge is 0.351 e. The SMILES string of the molecule is CN(CC(=O)N1CC[C@@H]2[C@@H](CCC(=O)N2CCc2ccccc2)C1)C(N)=O. The first-order chi connectivity index (χ1) is 13.0. The molecule has 1 aromatic carbocycles. The Hall–Kier alpha value is -2.57. The van der Waals surface area contributed by atoms with Crippen LogP contribution in [0.1, 0.15) is 24.8 Å². The second-order valence-corrected chi connectivity index (χ2v) is 7.51. The first-order valence-corrected chi connectivity index (χ1v) is 9.57. The number of benzene rings is 1. The number of hydrogen-bond acceptors (Lipinski definition) is 3. The molecular weight excluding hydrogens is 344 g/mol. The number of fused-ring (bicyclic) bond motifs is 1. The summed E-state index contributed by atoms with van der Waals surface area (Å²) in [6.45, 7) is 1.98. The van der Waals surface area contributed by atoms with Crippen molar-refractivity contribution in [3.8, 4) is 0 Å². The molecule has 0 bridgehead atoms. The summed E-state index contributed by atoms with van der Waals surface area (Å²) in [4.78, 5) is 41.1. The lowest BCUT2D eigenvalue weighted by molar-refractivity contribution is -0.144. The third-order valence-electron chi connectivity index (χ3n) is 5.73. The average molecular weight is 372 g/mol. The van der Waals surface area contributed by atoms with Crippen molar-refractivity contribution in [2.45, 2.75) is 31.7 Å². The number of carbonyl (C=O) groups is 3. The van der Waals surface area contributed by atoms with Crippen molar-refractivity contribution < 1.29 is 14.4 Å². The maximum atomic E-state index is 12.5. The van der Waals surface area contributed by atoms with E-state index in [2.05, 4.69) is 12.1 Å². The molecule has 0 saturated carbocycles. The van der Waals surface area contributed by atoms with Gasteiger partial charge in [-0.05, 0) is 30.7 Å². The maximum Gasteiger partial charge on any atom is 0.314 e. The highest BCUT2D eigenvalue weighted by Crippen LogP contribution is 2.31. The van der Waals surface area contributed by atoms with Gasteiger partial charge in [0.05, 0.1) is 0 Å². The number of piperidine rings is 2. The molecule has 0 aliphatic carbocycles. The Morgan fingerprint density at radius 1 is 1.22 bits per heavy atom. The van der Waals surface area contributed by atoms with Gasteiger partial charge in [0.1, 0.15) is 6.54 Å². The molecule has 146 valence electrons. The Morgan fingerprint density at radius 2 is 1.96 bits per heavy atom. The van der Waals surface area contributed by atoms with Gasteiger partial charge in [0.15, 0.2) is 0 Å². The Kier molecular flexibility index (Phi) is 5.98. The van der Waals surface area contributed by atoms with Gasteiger partial charge in [0.25, 0.3) is 0 Å². The van der Waals surface area contributed by atoms with Crippen molar-refractivity contribution in [2.75, 3.05) is 33.2 Å². The Bertz CT molecular complexity index is 694. The minimum atomic E-state index is -0.603. The predicted octanol–water partition coefficient (Wildman–Crippen LogP) is 1.08. The minimum Gasteiger partial charge on any atom is -0.351 e. The molecule has 7 heteroatoms. The summed E-state index contributed by atoms with van der Waals surface area (Å²) in [6.07, 6.45) is 3.00. The van der Waals surface area contributed by atoms with Gasteiger partial charge in [-0.25, -0.2) is 4.79 Å². The zero-order valence-corrected chi connectivity index (χ0v) is 15.8. The Balaban J connectivity index is 1.59. The molecule has 2 saturated heterocycles. The van der Waals surface area contributed by atoms with Crippen molar-refractivity contribution in [3.63, 3.8) is 0 Å². The molecular formula is C20H28N4O3. The standard InChI is InChI=1S/C20H28N4O3/c1-22(20(21)27)14-19(26)23-11-10-17-16(13-23)7-8-18(25)24(17)12-9-15-5-3-2-4-6-15/h2-6,16-17H,7-14H2,1H3,(H2,21,27)/t16-,17+/m0/s1. The molecule has 7 nitrogen and oxygen atoms in total. The molecule has 27 heavy (non-hydrogen) atoms. The Morgan fingerprint density at radius 3 is 2.67 bits per heavy atom. The second-order valence-electron chi connectivity index (χ2n) is 7.51. The lowest BCUT2D eigenvalue weighted by atomic mass is 9.83. The first-order valence-electron chi connectivity index (χ1n) is 9.57. The highest BCUT2D eigenvalue weighted by atomic mass is 16.2. The van der Waals surface area contributed by atoms with E-state index in [1.54, 1.807) is 0 Å². The molecule has 2 aliphatic heterocycles. The van der Waals surface area contributed by atoms with Gasteiger partial charge in [0.2, 0.25) is 11.8 Å². The lowest BCUT2D eigenvalue weighted by Crippen LogP contribution is -2.58. The number of nitrogens with zero attached hydrogens (tertiary/aromatic N) is 3. The third-order valence-corrected chi connectivity index (χ3v) is 5.73. The molecule has 0 unspecified atom stereocenters. The molecule has 2 heterocycles. The molecule has 0 spiro atoms. The van der Waals surface area contributed by atoms with Crippen LogP contribution in [-0.4, -0.2) is 71.8 Å². The monoisotopic (exact) mass is 372 g/mol. The fraction of sp³-hybridized carbons (Fsp3) is 0.550. The minimum absolute atomic E-state index is 0.00335. The van der Waals surface area contributed by atoms with Crippen LogP contribution in [0.5, 0.6) is 0 Å². The van der Waals surface area contributed by atoms with Crippen LogP contribution in [0.25, 0.3) is 0 Å². The van der Waals surface area contributed by atoms with E-state index in [0.29, 0.717) is 25.4 Å². The van der Waals surface area contributed by atoms with Gasteiger partial charge in [-0.15, -0.1) is 0 Å². The second kappa shape index (κ2) is 8.41. The number of amides is 4. The van der Waals surface area contributed by atoms with Crippen LogP contribution in [0, 0.1) is 5.92 Å². The fourth-order valence-electron chi connectivity index (χ4n) is 4.14. The number of likely N-dealkylation sites (tertiary alicyclic amines) is 2. The van der Waals surface area contributed by atoms with Crippen LogP contribution in [0.15, 0.2) is 30.3 Å². The number of likely N-dealkylation sites (N-methyl/N-ethyl adjacent to an activating group) is 1. The number of nitrogens with two attached hydrogens (primary N) is 1. The zero-order chi connectivity index (χ0) is 19.4. The summed E-state index contributed by atoms with van der Waals surface area (Å²) in [5.74, 6) is 0.443. The van der Waals surface area contributed by atoms with Crippen molar-refractivity contribution in [1.82, 2.24) is 14.7 Å². The topological polar surface area (TPSA) is 87.0 Å². The van der Waals surface area contributed by atoms with E-state index >= 15 is 0 Å². The van der Waals surface area contributed by atoms with Gasteiger partial charge >= 0.3 is 6.03 Å². The van der Waals surface area contributed by atoms with Gasteiger partial charge in [0, 0.05) is 39.1 Å². The fourth-order valence-corrected chi connectivity index (χ4v) is 4.14. The first kappa shape index (κ1) is 19.2. The molecule has 0 aromatic heterocycles. The highest BCUT2D eigenvalue weighted by molar-refractivity contribution is 5.83. The van der Waals surface area contributed by atoms with Crippen LogP contribution >= 0.6 is 0 Å². The number of primary amides is 1. The maximum absolute atomic E-state index is 12.5. The van der Waals surface area contributed by atoms with Crippen LogP contribution in [-0.2, 0) is 16.0 Å². The number of hydrogen-bond donors (Lipinski definition) is 1. The van der Waals surface area contributed by atoms with Gasteiger partial charge < -0.3 is 20.4 Å². The molecule has 2 atom stereocenters. The van der Waals surface area contributed by atoms with Crippen LogP contribution in [0.4, 0.5) is 4.79 Å². The normalized spacial score (nSPS) is 22.3. The lowest BCUT2D eigenvalue weighted by Gasteiger charge is -2.47. The van der Waals surface area contributed by atoms with Crippen LogP contribution in [0.3, 0.4) is 0 Å². The van der Waals surface area contributed by atoms with Crippen LogP contribution in [0.2, 0.25) is 0 Å².